The van der Waals surface area contributed by atoms with Gasteiger partial charge in [0.1, 0.15) is 11.5 Å². The lowest BCUT2D eigenvalue weighted by Gasteiger charge is -2.11. The Morgan fingerprint density at radius 2 is 1.39 bits per heavy atom. The smallest absolute Gasteiger partial charge is 0.146 e. The molecule has 0 aliphatic rings. The molecule has 0 aromatic heterocycles. The molecule has 0 radical (unpaired) electrons. The predicted octanol–water partition coefficient (Wildman–Crippen LogP) is 5.71. The number of benzene rings is 2. The highest BCUT2D eigenvalue weighted by Gasteiger charge is 2.07. The van der Waals surface area contributed by atoms with Gasteiger partial charge in [-0.1, -0.05) is 29.3 Å². The van der Waals surface area contributed by atoms with Gasteiger partial charge in [-0.05, 0) is 61.7 Å². The van der Waals surface area contributed by atoms with Gasteiger partial charge in [0, 0.05) is 5.02 Å². The molecule has 0 amide bonds. The summed E-state index contributed by atoms with van der Waals surface area (Å²) < 4.78 is 5.82. The fourth-order valence-electron chi connectivity index (χ4n) is 1.83. The molecule has 2 aromatic rings. The van der Waals surface area contributed by atoms with Crippen LogP contribution in [0.1, 0.15) is 16.7 Å². The average molecular weight is 281 g/mol. The van der Waals surface area contributed by atoms with Crippen molar-refractivity contribution < 1.29 is 4.74 Å². The standard InChI is InChI=1S/C15H14Cl2O/c1-9-4-10(2)6-12(5-9)18-15-7-11(3)13(16)8-14(15)17/h4-8H,1-3H3. The van der Waals surface area contributed by atoms with E-state index in [4.69, 9.17) is 27.9 Å². The van der Waals surface area contributed by atoms with Gasteiger partial charge < -0.3 is 4.74 Å². The SMILES string of the molecule is Cc1cc(C)cc(Oc2cc(C)c(Cl)cc2Cl)c1. The molecule has 94 valence electrons. The highest BCUT2D eigenvalue weighted by atomic mass is 35.5. The van der Waals surface area contributed by atoms with Crippen molar-refractivity contribution in [3.63, 3.8) is 0 Å². The monoisotopic (exact) mass is 280 g/mol. The molecule has 0 bridgehead atoms. The maximum Gasteiger partial charge on any atom is 0.146 e. The lowest BCUT2D eigenvalue weighted by atomic mass is 10.1. The van der Waals surface area contributed by atoms with Gasteiger partial charge in [0.05, 0.1) is 5.02 Å². The van der Waals surface area contributed by atoms with Crippen LogP contribution in [-0.4, -0.2) is 0 Å². The largest absolute Gasteiger partial charge is 0.456 e. The summed E-state index contributed by atoms with van der Waals surface area (Å²) in [6.45, 7) is 6.00. The zero-order valence-electron chi connectivity index (χ0n) is 10.6. The van der Waals surface area contributed by atoms with E-state index in [2.05, 4.69) is 6.07 Å². The van der Waals surface area contributed by atoms with E-state index in [1.165, 1.54) is 0 Å². The Balaban J connectivity index is 2.36. The zero-order valence-corrected chi connectivity index (χ0v) is 12.1. The molecule has 3 heteroatoms. The average Bonchev–Trinajstić information content (AvgIpc) is 2.24. The third-order valence-electron chi connectivity index (χ3n) is 2.64. The van der Waals surface area contributed by atoms with Crippen LogP contribution in [0.15, 0.2) is 30.3 Å². The topological polar surface area (TPSA) is 9.23 Å². The van der Waals surface area contributed by atoms with E-state index in [9.17, 15) is 0 Å². The Labute approximate surface area is 117 Å². The van der Waals surface area contributed by atoms with Gasteiger partial charge in [-0.15, -0.1) is 0 Å². The second-order valence-electron chi connectivity index (χ2n) is 4.46. The van der Waals surface area contributed by atoms with Gasteiger partial charge in [0.15, 0.2) is 0 Å². The Hall–Kier alpha value is -1.18. The minimum absolute atomic E-state index is 0.518. The summed E-state index contributed by atoms with van der Waals surface area (Å²) in [7, 11) is 0. The summed E-state index contributed by atoms with van der Waals surface area (Å²) in [5.74, 6) is 1.42. The number of rotatable bonds is 2. The van der Waals surface area contributed by atoms with Gasteiger partial charge in [-0.2, -0.15) is 0 Å². The van der Waals surface area contributed by atoms with Gasteiger partial charge in [0.2, 0.25) is 0 Å². The van der Waals surface area contributed by atoms with Crippen molar-refractivity contribution in [3.05, 3.63) is 57.1 Å². The molecule has 2 aromatic carbocycles. The predicted molar refractivity (Wildman–Crippen MR) is 77.2 cm³/mol. The van der Waals surface area contributed by atoms with Crippen molar-refractivity contribution in [2.75, 3.05) is 0 Å². The summed E-state index contributed by atoms with van der Waals surface area (Å²) in [6.07, 6.45) is 0. The van der Waals surface area contributed by atoms with Crippen molar-refractivity contribution in [1.82, 2.24) is 0 Å². The molecule has 0 heterocycles. The van der Waals surface area contributed by atoms with Crippen LogP contribution in [0, 0.1) is 20.8 Å². The normalized spacial score (nSPS) is 10.5. The number of halogens is 2. The van der Waals surface area contributed by atoms with Gasteiger partial charge >= 0.3 is 0 Å². The molecule has 18 heavy (non-hydrogen) atoms. The first-order chi connectivity index (χ1) is 8.45. The van der Waals surface area contributed by atoms with E-state index in [0.29, 0.717) is 15.8 Å². The maximum atomic E-state index is 6.12. The minimum Gasteiger partial charge on any atom is -0.456 e. The number of aryl methyl sites for hydroxylation is 3. The fourth-order valence-corrected chi connectivity index (χ4v) is 2.25. The summed E-state index contributed by atoms with van der Waals surface area (Å²) in [6, 6.07) is 9.61. The van der Waals surface area contributed by atoms with E-state index in [1.54, 1.807) is 6.07 Å². The second kappa shape index (κ2) is 5.21. The van der Waals surface area contributed by atoms with E-state index in [0.717, 1.165) is 22.4 Å². The van der Waals surface area contributed by atoms with Crippen molar-refractivity contribution in [1.29, 1.82) is 0 Å². The van der Waals surface area contributed by atoms with Gasteiger partial charge in [-0.25, -0.2) is 0 Å². The molecule has 0 fully saturated rings. The third-order valence-corrected chi connectivity index (χ3v) is 3.34. The molecule has 0 N–H and O–H groups in total. The molecular weight excluding hydrogens is 267 g/mol. The van der Waals surface area contributed by atoms with Crippen LogP contribution < -0.4 is 4.74 Å². The summed E-state index contributed by atoms with van der Waals surface area (Å²) >= 11 is 12.1. The second-order valence-corrected chi connectivity index (χ2v) is 5.27. The van der Waals surface area contributed by atoms with E-state index in [-0.39, 0.29) is 0 Å². The lowest BCUT2D eigenvalue weighted by Crippen LogP contribution is -1.89. The third kappa shape index (κ3) is 2.98. The first-order valence-electron chi connectivity index (χ1n) is 5.67. The van der Waals surface area contributed by atoms with Crippen LogP contribution >= 0.6 is 23.2 Å². The van der Waals surface area contributed by atoms with Crippen LogP contribution in [0.25, 0.3) is 0 Å². The molecule has 0 unspecified atom stereocenters. The van der Waals surface area contributed by atoms with Gasteiger partial charge in [-0.3, -0.25) is 0 Å². The Kier molecular flexibility index (Phi) is 3.84. The first kappa shape index (κ1) is 13.3. The molecule has 0 spiro atoms. The molecule has 0 aliphatic carbocycles. The molecule has 0 atom stereocenters. The highest BCUT2D eigenvalue weighted by Crippen LogP contribution is 2.34. The van der Waals surface area contributed by atoms with E-state index < -0.39 is 0 Å². The van der Waals surface area contributed by atoms with Crippen LogP contribution in [0.5, 0.6) is 11.5 Å². The van der Waals surface area contributed by atoms with Crippen LogP contribution in [0.3, 0.4) is 0 Å². The Bertz CT molecular complexity index is 571. The van der Waals surface area contributed by atoms with Crippen molar-refractivity contribution in [2.45, 2.75) is 20.8 Å². The highest BCUT2D eigenvalue weighted by molar-refractivity contribution is 6.36. The Morgan fingerprint density at radius 3 is 2.00 bits per heavy atom. The Morgan fingerprint density at radius 1 is 0.778 bits per heavy atom. The quantitative estimate of drug-likeness (QED) is 0.685. The minimum atomic E-state index is 0.518. The molecule has 0 saturated carbocycles. The van der Waals surface area contributed by atoms with Crippen LogP contribution in [0.4, 0.5) is 0 Å². The number of hydrogen-bond donors (Lipinski definition) is 0. The lowest BCUT2D eigenvalue weighted by molar-refractivity contribution is 0.481. The maximum absolute atomic E-state index is 6.12. The summed E-state index contributed by atoms with van der Waals surface area (Å²) in [5, 5.41) is 1.16. The molecule has 1 nitrogen and oxygen atoms in total. The van der Waals surface area contributed by atoms with E-state index in [1.807, 2.05) is 39.0 Å². The summed E-state index contributed by atoms with van der Waals surface area (Å²) in [4.78, 5) is 0. The van der Waals surface area contributed by atoms with Crippen molar-refractivity contribution in [2.24, 2.45) is 0 Å². The molecule has 0 aliphatic heterocycles. The van der Waals surface area contributed by atoms with Crippen LogP contribution in [0.2, 0.25) is 10.0 Å². The van der Waals surface area contributed by atoms with Crippen molar-refractivity contribution >= 4 is 23.2 Å². The number of ether oxygens (including phenoxy) is 1. The first-order valence-corrected chi connectivity index (χ1v) is 6.43. The summed E-state index contributed by atoms with van der Waals surface area (Å²) in [5.41, 5.74) is 3.26. The van der Waals surface area contributed by atoms with Crippen molar-refractivity contribution in [3.8, 4) is 11.5 Å². The molecule has 0 saturated heterocycles. The van der Waals surface area contributed by atoms with E-state index >= 15 is 0 Å². The molecule has 2 rings (SSSR count). The fraction of sp³-hybridized carbons (Fsp3) is 0.200. The zero-order chi connectivity index (χ0) is 13.3. The van der Waals surface area contributed by atoms with Gasteiger partial charge in [0.25, 0.3) is 0 Å². The van der Waals surface area contributed by atoms with Crippen LogP contribution in [-0.2, 0) is 0 Å². The number of hydrogen-bond acceptors (Lipinski definition) is 1. The molecular formula is C15H14Cl2O.